The first-order valence-electron chi connectivity index (χ1n) is 5.85. The lowest BCUT2D eigenvalue weighted by atomic mass is 9.96. The summed E-state index contributed by atoms with van der Waals surface area (Å²) in [5.41, 5.74) is 0. The van der Waals surface area contributed by atoms with Crippen molar-refractivity contribution in [1.82, 2.24) is 0 Å². The highest BCUT2D eigenvalue weighted by Gasteiger charge is 2.03. The van der Waals surface area contributed by atoms with Gasteiger partial charge in [0.15, 0.2) is 0 Å². The van der Waals surface area contributed by atoms with Crippen molar-refractivity contribution in [2.45, 2.75) is 65.2 Å². The van der Waals surface area contributed by atoms with E-state index in [1.807, 2.05) is 0 Å². The largest absolute Gasteiger partial charge is 0.313 e. The summed E-state index contributed by atoms with van der Waals surface area (Å²) in [6, 6.07) is 0. The third kappa shape index (κ3) is 8.01. The molecule has 1 atom stereocenters. The molecule has 0 aromatic rings. The van der Waals surface area contributed by atoms with Crippen LogP contribution in [0.4, 0.5) is 0 Å². The van der Waals surface area contributed by atoms with Crippen molar-refractivity contribution in [3.8, 4) is 0 Å². The van der Waals surface area contributed by atoms with Crippen molar-refractivity contribution in [2.75, 3.05) is 0 Å². The summed E-state index contributed by atoms with van der Waals surface area (Å²) < 4.78 is 0. The molecule has 0 aliphatic carbocycles. The molecular formula is C12H25N. The minimum atomic E-state index is 0.566. The van der Waals surface area contributed by atoms with Gasteiger partial charge in [-0.2, -0.15) is 0 Å². The summed E-state index contributed by atoms with van der Waals surface area (Å²) >= 11 is 0. The molecular weight excluding hydrogens is 158 g/mol. The molecule has 0 amide bonds. The van der Waals surface area contributed by atoms with Crippen molar-refractivity contribution < 1.29 is 0 Å². The van der Waals surface area contributed by atoms with Crippen LogP contribution in [-0.2, 0) is 0 Å². The Labute approximate surface area is 83.4 Å². The van der Waals surface area contributed by atoms with Gasteiger partial charge in [0, 0.05) is 0 Å². The van der Waals surface area contributed by atoms with Crippen molar-refractivity contribution in [2.24, 2.45) is 5.92 Å². The third-order valence-electron chi connectivity index (χ3n) is 2.59. The fraction of sp³-hybridized carbons (Fsp3) is 0.917. The molecule has 0 aliphatic heterocycles. The zero-order valence-corrected chi connectivity index (χ0v) is 9.31. The molecule has 1 N–H and O–H groups in total. The maximum absolute atomic E-state index is 7.29. The molecule has 0 aromatic heterocycles. The second kappa shape index (κ2) is 9.76. The number of hydrogen-bond donors (Lipinski definition) is 1. The van der Waals surface area contributed by atoms with E-state index in [9.17, 15) is 0 Å². The van der Waals surface area contributed by atoms with E-state index in [0.29, 0.717) is 5.92 Å². The lowest BCUT2D eigenvalue weighted by molar-refractivity contribution is 0.511. The van der Waals surface area contributed by atoms with Crippen LogP contribution < -0.4 is 0 Å². The summed E-state index contributed by atoms with van der Waals surface area (Å²) in [5, 5.41) is 7.29. The molecule has 0 aliphatic rings. The van der Waals surface area contributed by atoms with Gasteiger partial charge in [-0.05, 0) is 25.0 Å². The van der Waals surface area contributed by atoms with Gasteiger partial charge in [-0.25, -0.2) is 0 Å². The Morgan fingerprint density at radius 2 is 1.54 bits per heavy atom. The zero-order chi connectivity index (χ0) is 9.94. The van der Waals surface area contributed by atoms with Crippen LogP contribution in [0.3, 0.4) is 0 Å². The molecule has 0 fully saturated rings. The first-order chi connectivity index (χ1) is 6.35. The minimum Gasteiger partial charge on any atom is -0.313 e. The van der Waals surface area contributed by atoms with Gasteiger partial charge in [0.25, 0.3) is 0 Å². The Hall–Kier alpha value is -0.330. The average molecular weight is 183 g/mol. The Kier molecular flexibility index (Phi) is 9.51. The lowest BCUT2D eigenvalue weighted by Gasteiger charge is -2.09. The first-order valence-corrected chi connectivity index (χ1v) is 5.85. The first kappa shape index (κ1) is 12.7. The van der Waals surface area contributed by atoms with Crippen molar-refractivity contribution in [3.63, 3.8) is 0 Å². The van der Waals surface area contributed by atoms with Gasteiger partial charge in [0.05, 0.1) is 0 Å². The lowest BCUT2D eigenvalue weighted by Crippen LogP contribution is -2.01. The van der Waals surface area contributed by atoms with Crippen molar-refractivity contribution >= 4 is 6.21 Å². The van der Waals surface area contributed by atoms with Gasteiger partial charge < -0.3 is 5.41 Å². The topological polar surface area (TPSA) is 23.9 Å². The number of nitrogens with one attached hydrogen (secondary N) is 1. The van der Waals surface area contributed by atoms with Gasteiger partial charge in [-0.3, -0.25) is 0 Å². The highest BCUT2D eigenvalue weighted by atomic mass is 14.3. The zero-order valence-electron chi connectivity index (χ0n) is 9.31. The molecule has 0 rings (SSSR count). The summed E-state index contributed by atoms with van der Waals surface area (Å²) in [7, 11) is 0. The predicted molar refractivity (Wildman–Crippen MR) is 60.6 cm³/mol. The van der Waals surface area contributed by atoms with E-state index in [0.717, 1.165) is 0 Å². The second-order valence-electron chi connectivity index (χ2n) is 3.92. The second-order valence-corrected chi connectivity index (χ2v) is 3.92. The molecule has 0 saturated heterocycles. The standard InChI is InChI=1S/C12H25N/c1-3-5-7-8-10-12(11-13)9-6-4-2/h11-13H,3-10H2,1-2H3. The fourth-order valence-electron chi connectivity index (χ4n) is 1.61. The Bertz CT molecular complexity index is 110. The molecule has 1 unspecified atom stereocenters. The van der Waals surface area contributed by atoms with E-state index >= 15 is 0 Å². The van der Waals surface area contributed by atoms with Crippen molar-refractivity contribution in [3.05, 3.63) is 0 Å². The van der Waals surface area contributed by atoms with Gasteiger partial charge in [0.1, 0.15) is 0 Å². The van der Waals surface area contributed by atoms with Gasteiger partial charge >= 0.3 is 0 Å². The van der Waals surface area contributed by atoms with Crippen LogP contribution in [0.15, 0.2) is 0 Å². The van der Waals surface area contributed by atoms with E-state index < -0.39 is 0 Å². The molecule has 0 bridgehead atoms. The third-order valence-corrected chi connectivity index (χ3v) is 2.59. The van der Waals surface area contributed by atoms with E-state index in [1.165, 1.54) is 51.4 Å². The summed E-state index contributed by atoms with van der Waals surface area (Å²) in [6.45, 7) is 4.46. The van der Waals surface area contributed by atoms with Crippen LogP contribution in [0.5, 0.6) is 0 Å². The molecule has 0 radical (unpaired) electrons. The monoisotopic (exact) mass is 183 g/mol. The molecule has 1 heteroatoms. The Morgan fingerprint density at radius 1 is 0.923 bits per heavy atom. The maximum Gasteiger partial charge on any atom is -0.00167 e. The molecule has 0 saturated carbocycles. The summed E-state index contributed by atoms with van der Waals surface area (Å²) in [4.78, 5) is 0. The van der Waals surface area contributed by atoms with Crippen LogP contribution in [0.2, 0.25) is 0 Å². The van der Waals surface area contributed by atoms with Crippen LogP contribution >= 0.6 is 0 Å². The van der Waals surface area contributed by atoms with Gasteiger partial charge in [-0.1, -0.05) is 52.4 Å². The highest BCUT2D eigenvalue weighted by Crippen LogP contribution is 2.14. The van der Waals surface area contributed by atoms with E-state index in [2.05, 4.69) is 13.8 Å². The number of rotatable bonds is 9. The van der Waals surface area contributed by atoms with Crippen LogP contribution in [0.1, 0.15) is 65.2 Å². The smallest absolute Gasteiger partial charge is 0.00167 e. The number of hydrogen-bond acceptors (Lipinski definition) is 1. The van der Waals surface area contributed by atoms with Gasteiger partial charge in [-0.15, -0.1) is 0 Å². The normalized spacial score (nSPS) is 12.8. The van der Waals surface area contributed by atoms with E-state index in [4.69, 9.17) is 5.41 Å². The fourth-order valence-corrected chi connectivity index (χ4v) is 1.61. The molecule has 0 spiro atoms. The molecule has 0 heterocycles. The average Bonchev–Trinajstić information content (AvgIpc) is 2.17. The van der Waals surface area contributed by atoms with E-state index in [1.54, 1.807) is 6.21 Å². The predicted octanol–water partition coefficient (Wildman–Crippen LogP) is 4.41. The van der Waals surface area contributed by atoms with Crippen LogP contribution in [-0.4, -0.2) is 6.21 Å². The highest BCUT2D eigenvalue weighted by molar-refractivity contribution is 5.56. The molecule has 13 heavy (non-hydrogen) atoms. The van der Waals surface area contributed by atoms with Crippen molar-refractivity contribution in [1.29, 1.82) is 5.41 Å². The Morgan fingerprint density at radius 3 is 2.08 bits per heavy atom. The molecule has 78 valence electrons. The van der Waals surface area contributed by atoms with Crippen LogP contribution in [0.25, 0.3) is 0 Å². The van der Waals surface area contributed by atoms with Gasteiger partial charge in [0.2, 0.25) is 0 Å². The van der Waals surface area contributed by atoms with E-state index in [-0.39, 0.29) is 0 Å². The maximum atomic E-state index is 7.29. The van der Waals surface area contributed by atoms with Crippen LogP contribution in [0, 0.1) is 11.3 Å². The summed E-state index contributed by atoms with van der Waals surface area (Å²) in [5.74, 6) is 0.566. The summed E-state index contributed by atoms with van der Waals surface area (Å²) in [6.07, 6.45) is 12.0. The quantitative estimate of drug-likeness (QED) is 0.404. The number of unbranched alkanes of at least 4 members (excludes halogenated alkanes) is 4. The minimum absolute atomic E-state index is 0.566. The molecule has 1 nitrogen and oxygen atoms in total. The Balaban J connectivity index is 3.31. The molecule has 0 aromatic carbocycles. The SMILES string of the molecule is CCCCCCC(C=N)CCCC.